The molecule has 0 aliphatic rings. The van der Waals surface area contributed by atoms with Crippen LogP contribution in [0.25, 0.3) is 10.8 Å². The van der Waals surface area contributed by atoms with Crippen molar-refractivity contribution in [1.29, 1.82) is 0 Å². The zero-order chi connectivity index (χ0) is 14.7. The van der Waals surface area contributed by atoms with Crippen LogP contribution in [0.1, 0.15) is 11.1 Å². The average Bonchev–Trinajstić information content (AvgIpc) is 2.53. The number of ether oxygens (including phenoxy) is 1. The summed E-state index contributed by atoms with van der Waals surface area (Å²) in [6.07, 6.45) is 0. The minimum absolute atomic E-state index is 0.203. The monoisotopic (exact) mass is 281 g/mol. The van der Waals surface area contributed by atoms with E-state index < -0.39 is 0 Å². The lowest BCUT2D eigenvalue weighted by atomic mass is 10.1. The van der Waals surface area contributed by atoms with Crippen LogP contribution in [-0.2, 0) is 13.2 Å². The van der Waals surface area contributed by atoms with Gasteiger partial charge in [-0.3, -0.25) is 0 Å². The molecule has 0 unspecified atom stereocenters. The fourth-order valence-corrected chi connectivity index (χ4v) is 2.25. The van der Waals surface area contributed by atoms with Gasteiger partial charge in [-0.25, -0.2) is 4.39 Å². The van der Waals surface area contributed by atoms with Crippen molar-refractivity contribution in [3.63, 3.8) is 0 Å². The first-order chi connectivity index (χ1) is 10.3. The number of halogens is 1. The number of hydrogen-bond donors (Lipinski definition) is 1. The standard InChI is InChI=1S/C18H16FNO/c19-18-9-13(11-20)5-6-16(18)12-21-17-8-7-14-3-1-2-4-15(14)10-17/h1-10H,11-12,20H2. The van der Waals surface area contributed by atoms with E-state index in [1.165, 1.54) is 6.07 Å². The van der Waals surface area contributed by atoms with Gasteiger partial charge in [0.05, 0.1) is 0 Å². The van der Waals surface area contributed by atoms with E-state index >= 15 is 0 Å². The molecule has 0 amide bonds. The molecule has 2 N–H and O–H groups in total. The Balaban J connectivity index is 1.77. The molecular formula is C18H16FNO. The molecule has 3 aromatic rings. The molecule has 0 radical (unpaired) electrons. The summed E-state index contributed by atoms with van der Waals surface area (Å²) in [5.41, 5.74) is 6.80. The van der Waals surface area contributed by atoms with Crippen molar-refractivity contribution in [1.82, 2.24) is 0 Å². The molecular weight excluding hydrogens is 265 g/mol. The lowest BCUT2D eigenvalue weighted by Gasteiger charge is -2.09. The molecule has 0 heterocycles. The van der Waals surface area contributed by atoms with Gasteiger partial charge in [-0.05, 0) is 34.5 Å². The highest BCUT2D eigenvalue weighted by molar-refractivity contribution is 5.83. The van der Waals surface area contributed by atoms with Gasteiger partial charge in [-0.1, -0.05) is 42.5 Å². The van der Waals surface area contributed by atoms with E-state index in [9.17, 15) is 4.39 Å². The summed E-state index contributed by atoms with van der Waals surface area (Å²) in [5, 5.41) is 2.26. The van der Waals surface area contributed by atoms with E-state index in [0.717, 1.165) is 22.1 Å². The Kier molecular flexibility index (Phi) is 3.84. The van der Waals surface area contributed by atoms with Crippen molar-refractivity contribution in [3.8, 4) is 5.75 Å². The van der Waals surface area contributed by atoms with Gasteiger partial charge in [0.1, 0.15) is 18.2 Å². The van der Waals surface area contributed by atoms with Crippen LogP contribution in [0.15, 0.2) is 60.7 Å². The zero-order valence-electron chi connectivity index (χ0n) is 11.6. The third-order valence-corrected chi connectivity index (χ3v) is 3.47. The lowest BCUT2D eigenvalue weighted by molar-refractivity contribution is 0.300. The topological polar surface area (TPSA) is 35.2 Å². The van der Waals surface area contributed by atoms with Gasteiger partial charge in [-0.15, -0.1) is 0 Å². The molecule has 2 nitrogen and oxygen atoms in total. The van der Waals surface area contributed by atoms with Crippen LogP contribution in [0, 0.1) is 5.82 Å². The highest BCUT2D eigenvalue weighted by atomic mass is 19.1. The van der Waals surface area contributed by atoms with Crippen LogP contribution in [0.3, 0.4) is 0 Å². The van der Waals surface area contributed by atoms with Gasteiger partial charge in [0.25, 0.3) is 0 Å². The van der Waals surface area contributed by atoms with Gasteiger partial charge in [-0.2, -0.15) is 0 Å². The Labute approximate surface area is 123 Å². The largest absolute Gasteiger partial charge is 0.489 e. The first-order valence-corrected chi connectivity index (χ1v) is 6.85. The first kappa shape index (κ1) is 13.6. The molecule has 0 fully saturated rings. The molecule has 3 rings (SSSR count). The maximum absolute atomic E-state index is 13.9. The summed E-state index contributed by atoms with van der Waals surface area (Å²) in [6.45, 7) is 0.539. The summed E-state index contributed by atoms with van der Waals surface area (Å²) in [6, 6.07) is 18.9. The third kappa shape index (κ3) is 3.03. The Bertz CT molecular complexity index is 770. The predicted octanol–water partition coefficient (Wildman–Crippen LogP) is 4.02. The Hall–Kier alpha value is -2.39. The van der Waals surface area contributed by atoms with Crippen LogP contribution >= 0.6 is 0 Å². The van der Waals surface area contributed by atoms with Crippen LogP contribution in [-0.4, -0.2) is 0 Å². The summed E-state index contributed by atoms with van der Waals surface area (Å²) < 4.78 is 19.5. The first-order valence-electron chi connectivity index (χ1n) is 6.85. The summed E-state index contributed by atoms with van der Waals surface area (Å²) in [4.78, 5) is 0. The molecule has 0 aliphatic carbocycles. The van der Waals surface area contributed by atoms with Gasteiger partial charge in [0.15, 0.2) is 0 Å². The fraction of sp³-hybridized carbons (Fsp3) is 0.111. The lowest BCUT2D eigenvalue weighted by Crippen LogP contribution is -2.02. The van der Waals surface area contributed by atoms with Crippen molar-refractivity contribution in [2.24, 2.45) is 5.73 Å². The second-order valence-electron chi connectivity index (χ2n) is 4.93. The molecule has 0 bridgehead atoms. The smallest absolute Gasteiger partial charge is 0.130 e. The molecule has 3 heteroatoms. The molecule has 0 saturated carbocycles. The summed E-state index contributed by atoms with van der Waals surface area (Å²) in [5.74, 6) is 0.453. The van der Waals surface area contributed by atoms with Gasteiger partial charge >= 0.3 is 0 Å². The summed E-state index contributed by atoms with van der Waals surface area (Å²) >= 11 is 0. The highest BCUT2D eigenvalue weighted by Gasteiger charge is 2.04. The van der Waals surface area contributed by atoms with Gasteiger partial charge in [0, 0.05) is 12.1 Å². The third-order valence-electron chi connectivity index (χ3n) is 3.47. The molecule has 0 spiro atoms. The Morgan fingerprint density at radius 1 is 0.905 bits per heavy atom. The summed E-state index contributed by atoms with van der Waals surface area (Å²) in [7, 11) is 0. The van der Waals surface area contributed by atoms with E-state index in [-0.39, 0.29) is 12.4 Å². The number of benzene rings is 3. The molecule has 3 aromatic carbocycles. The Morgan fingerprint density at radius 3 is 2.48 bits per heavy atom. The number of nitrogens with two attached hydrogens (primary N) is 1. The van der Waals surface area contributed by atoms with Crippen molar-refractivity contribution in [3.05, 3.63) is 77.6 Å². The molecule has 21 heavy (non-hydrogen) atoms. The number of rotatable bonds is 4. The maximum atomic E-state index is 13.9. The number of fused-ring (bicyclic) bond motifs is 1. The van der Waals surface area contributed by atoms with Crippen LogP contribution < -0.4 is 10.5 Å². The second-order valence-corrected chi connectivity index (χ2v) is 4.93. The minimum Gasteiger partial charge on any atom is -0.489 e. The SMILES string of the molecule is NCc1ccc(COc2ccc3ccccc3c2)c(F)c1. The number of hydrogen-bond acceptors (Lipinski definition) is 2. The quantitative estimate of drug-likeness (QED) is 0.784. The van der Waals surface area contributed by atoms with Crippen LogP contribution in [0.5, 0.6) is 5.75 Å². The zero-order valence-corrected chi connectivity index (χ0v) is 11.6. The normalized spacial score (nSPS) is 10.8. The maximum Gasteiger partial charge on any atom is 0.130 e. The average molecular weight is 281 g/mol. The fourth-order valence-electron chi connectivity index (χ4n) is 2.25. The van der Waals surface area contributed by atoms with Gasteiger partial charge in [0.2, 0.25) is 0 Å². The molecule has 0 aliphatic heterocycles. The molecule has 0 atom stereocenters. The van der Waals surface area contributed by atoms with Crippen LogP contribution in [0.2, 0.25) is 0 Å². The second kappa shape index (κ2) is 5.94. The van der Waals surface area contributed by atoms with E-state index in [2.05, 4.69) is 0 Å². The molecule has 106 valence electrons. The predicted molar refractivity (Wildman–Crippen MR) is 82.6 cm³/mol. The van der Waals surface area contributed by atoms with Gasteiger partial charge < -0.3 is 10.5 Å². The highest BCUT2D eigenvalue weighted by Crippen LogP contribution is 2.22. The van der Waals surface area contributed by atoms with E-state index in [4.69, 9.17) is 10.5 Å². The van der Waals surface area contributed by atoms with E-state index in [1.54, 1.807) is 6.07 Å². The van der Waals surface area contributed by atoms with E-state index in [1.807, 2.05) is 48.5 Å². The van der Waals surface area contributed by atoms with Crippen molar-refractivity contribution in [2.75, 3.05) is 0 Å². The van der Waals surface area contributed by atoms with Crippen molar-refractivity contribution in [2.45, 2.75) is 13.2 Å². The Morgan fingerprint density at radius 2 is 1.71 bits per heavy atom. The minimum atomic E-state index is -0.279. The molecule has 0 saturated heterocycles. The van der Waals surface area contributed by atoms with E-state index in [0.29, 0.717) is 12.1 Å². The van der Waals surface area contributed by atoms with Crippen molar-refractivity contribution < 1.29 is 9.13 Å². The van der Waals surface area contributed by atoms with Crippen LogP contribution in [0.4, 0.5) is 4.39 Å². The molecule has 0 aromatic heterocycles. The van der Waals surface area contributed by atoms with Crippen molar-refractivity contribution >= 4 is 10.8 Å².